The van der Waals surface area contributed by atoms with E-state index in [4.69, 9.17) is 10.5 Å². The Morgan fingerprint density at radius 2 is 2.12 bits per heavy atom. The SMILES string of the molecule is Nc1cccc(C2CN(C(=O)CCn3cnc4ccccc43)CCO2)n1. The van der Waals surface area contributed by atoms with Crippen LogP contribution in [0.4, 0.5) is 5.82 Å². The molecule has 1 aliphatic heterocycles. The van der Waals surface area contributed by atoms with Gasteiger partial charge in [0.1, 0.15) is 11.9 Å². The molecule has 0 spiro atoms. The number of rotatable bonds is 4. The molecule has 2 N–H and O–H groups in total. The third-order valence-corrected chi connectivity index (χ3v) is 4.64. The maximum atomic E-state index is 12.7. The fourth-order valence-electron chi connectivity index (χ4n) is 3.27. The molecule has 26 heavy (non-hydrogen) atoms. The average molecular weight is 351 g/mol. The van der Waals surface area contributed by atoms with Crippen molar-refractivity contribution in [3.8, 4) is 0 Å². The van der Waals surface area contributed by atoms with Gasteiger partial charge in [0, 0.05) is 19.5 Å². The van der Waals surface area contributed by atoms with E-state index >= 15 is 0 Å². The Labute approximate surface area is 151 Å². The number of nitrogen functional groups attached to an aromatic ring is 1. The molecule has 1 unspecified atom stereocenters. The van der Waals surface area contributed by atoms with E-state index in [1.165, 1.54) is 0 Å². The van der Waals surface area contributed by atoms with Crippen molar-refractivity contribution < 1.29 is 9.53 Å². The second kappa shape index (κ2) is 7.13. The van der Waals surface area contributed by atoms with Crippen molar-refractivity contribution in [2.24, 2.45) is 0 Å². The summed E-state index contributed by atoms with van der Waals surface area (Å²) >= 11 is 0. The van der Waals surface area contributed by atoms with Crippen molar-refractivity contribution in [2.75, 3.05) is 25.4 Å². The molecular formula is C19H21N5O2. The van der Waals surface area contributed by atoms with Crippen molar-refractivity contribution in [3.05, 3.63) is 54.5 Å². The summed E-state index contributed by atoms with van der Waals surface area (Å²) < 4.78 is 7.80. The number of hydrogen-bond acceptors (Lipinski definition) is 5. The van der Waals surface area contributed by atoms with Crippen LogP contribution in [0.1, 0.15) is 18.2 Å². The molecule has 7 heteroatoms. The number of imidazole rings is 1. The van der Waals surface area contributed by atoms with Gasteiger partial charge in [-0.2, -0.15) is 0 Å². The topological polar surface area (TPSA) is 86.3 Å². The summed E-state index contributed by atoms with van der Waals surface area (Å²) in [5.41, 5.74) is 8.51. The van der Waals surface area contributed by atoms with Gasteiger partial charge in [0.05, 0.1) is 36.2 Å². The molecule has 1 fully saturated rings. The number of nitrogens with zero attached hydrogens (tertiary/aromatic N) is 4. The first kappa shape index (κ1) is 16.5. The molecule has 134 valence electrons. The Morgan fingerprint density at radius 3 is 3.00 bits per heavy atom. The number of para-hydroxylation sites is 2. The molecule has 1 saturated heterocycles. The predicted octanol–water partition coefficient (Wildman–Crippen LogP) is 2.00. The number of anilines is 1. The molecule has 7 nitrogen and oxygen atoms in total. The lowest BCUT2D eigenvalue weighted by atomic mass is 10.1. The Kier molecular flexibility index (Phi) is 4.53. The smallest absolute Gasteiger partial charge is 0.224 e. The Balaban J connectivity index is 1.40. The minimum atomic E-state index is -0.231. The minimum Gasteiger partial charge on any atom is -0.384 e. The fraction of sp³-hybridized carbons (Fsp3) is 0.316. The van der Waals surface area contributed by atoms with E-state index in [1.54, 1.807) is 12.4 Å². The van der Waals surface area contributed by atoms with Crippen LogP contribution >= 0.6 is 0 Å². The molecule has 3 heterocycles. The summed E-state index contributed by atoms with van der Waals surface area (Å²) in [7, 11) is 0. The number of aryl methyl sites for hydroxylation is 1. The lowest BCUT2D eigenvalue weighted by molar-refractivity contribution is -0.139. The van der Waals surface area contributed by atoms with E-state index < -0.39 is 0 Å². The molecule has 0 saturated carbocycles. The van der Waals surface area contributed by atoms with E-state index in [2.05, 4.69) is 9.97 Å². The van der Waals surface area contributed by atoms with Crippen LogP contribution in [0.15, 0.2) is 48.8 Å². The molecule has 0 radical (unpaired) electrons. The summed E-state index contributed by atoms with van der Waals surface area (Å²) in [6.07, 6.45) is 1.99. The van der Waals surface area contributed by atoms with E-state index in [1.807, 2.05) is 45.9 Å². The molecular weight excluding hydrogens is 330 g/mol. The largest absolute Gasteiger partial charge is 0.384 e. The number of amides is 1. The van der Waals surface area contributed by atoms with Gasteiger partial charge >= 0.3 is 0 Å². The van der Waals surface area contributed by atoms with Crippen LogP contribution in [0.25, 0.3) is 11.0 Å². The first-order chi connectivity index (χ1) is 12.7. The van der Waals surface area contributed by atoms with Crippen molar-refractivity contribution in [1.29, 1.82) is 0 Å². The van der Waals surface area contributed by atoms with E-state index in [0.717, 1.165) is 16.7 Å². The summed E-state index contributed by atoms with van der Waals surface area (Å²) in [5, 5.41) is 0. The van der Waals surface area contributed by atoms with E-state index in [-0.39, 0.29) is 12.0 Å². The van der Waals surface area contributed by atoms with Crippen LogP contribution in [-0.2, 0) is 16.1 Å². The minimum absolute atomic E-state index is 0.111. The highest BCUT2D eigenvalue weighted by Crippen LogP contribution is 2.22. The van der Waals surface area contributed by atoms with Gasteiger partial charge < -0.3 is 19.9 Å². The van der Waals surface area contributed by atoms with Gasteiger partial charge in [-0.05, 0) is 24.3 Å². The Hall–Kier alpha value is -2.93. The molecule has 1 aliphatic rings. The van der Waals surface area contributed by atoms with Gasteiger partial charge in [-0.15, -0.1) is 0 Å². The molecule has 1 amide bonds. The van der Waals surface area contributed by atoms with Crippen LogP contribution in [0.5, 0.6) is 0 Å². The van der Waals surface area contributed by atoms with Gasteiger partial charge in [-0.3, -0.25) is 4.79 Å². The first-order valence-electron chi connectivity index (χ1n) is 8.72. The molecule has 0 bridgehead atoms. The van der Waals surface area contributed by atoms with E-state index in [0.29, 0.717) is 38.5 Å². The normalized spacial score (nSPS) is 17.5. The zero-order chi connectivity index (χ0) is 17.9. The number of carbonyl (C=O) groups is 1. The van der Waals surface area contributed by atoms with E-state index in [9.17, 15) is 4.79 Å². The predicted molar refractivity (Wildman–Crippen MR) is 98.3 cm³/mol. The van der Waals surface area contributed by atoms with Gasteiger partial charge in [0.25, 0.3) is 0 Å². The summed E-state index contributed by atoms with van der Waals surface area (Å²) in [5.74, 6) is 0.571. The standard InChI is InChI=1S/C19H21N5O2/c20-18-7-3-5-15(22-18)17-12-23(10-11-26-17)19(25)8-9-24-13-21-14-4-1-2-6-16(14)24/h1-7,13,17H,8-12H2,(H2,20,22). The molecule has 1 aromatic carbocycles. The Morgan fingerprint density at radius 1 is 1.23 bits per heavy atom. The maximum absolute atomic E-state index is 12.7. The van der Waals surface area contributed by atoms with Crippen molar-refractivity contribution in [1.82, 2.24) is 19.4 Å². The molecule has 4 rings (SSSR count). The van der Waals surface area contributed by atoms with Crippen molar-refractivity contribution >= 4 is 22.8 Å². The summed E-state index contributed by atoms with van der Waals surface area (Å²) in [4.78, 5) is 23.2. The van der Waals surface area contributed by atoms with Crippen LogP contribution in [0.2, 0.25) is 0 Å². The molecule has 2 aromatic heterocycles. The van der Waals surface area contributed by atoms with Crippen LogP contribution in [-0.4, -0.2) is 45.0 Å². The third kappa shape index (κ3) is 3.39. The van der Waals surface area contributed by atoms with Crippen LogP contribution in [0, 0.1) is 0 Å². The second-order valence-electron chi connectivity index (χ2n) is 6.36. The van der Waals surface area contributed by atoms with Gasteiger partial charge in [-0.1, -0.05) is 18.2 Å². The van der Waals surface area contributed by atoms with Crippen LogP contribution < -0.4 is 5.73 Å². The zero-order valence-corrected chi connectivity index (χ0v) is 14.4. The lowest BCUT2D eigenvalue weighted by Gasteiger charge is -2.32. The van der Waals surface area contributed by atoms with Crippen molar-refractivity contribution in [2.45, 2.75) is 19.1 Å². The number of hydrogen-bond donors (Lipinski definition) is 1. The van der Waals surface area contributed by atoms with Gasteiger partial charge in [0.2, 0.25) is 5.91 Å². The highest BCUT2D eigenvalue weighted by molar-refractivity contribution is 5.77. The van der Waals surface area contributed by atoms with Gasteiger partial charge in [-0.25, -0.2) is 9.97 Å². The van der Waals surface area contributed by atoms with Crippen molar-refractivity contribution in [3.63, 3.8) is 0 Å². The second-order valence-corrected chi connectivity index (χ2v) is 6.36. The Bertz CT molecular complexity index is 923. The quantitative estimate of drug-likeness (QED) is 0.777. The lowest BCUT2D eigenvalue weighted by Crippen LogP contribution is -2.42. The van der Waals surface area contributed by atoms with Gasteiger partial charge in [0.15, 0.2) is 0 Å². The molecule has 3 aromatic rings. The number of nitrogens with two attached hydrogens (primary N) is 1. The fourth-order valence-corrected chi connectivity index (χ4v) is 3.27. The highest BCUT2D eigenvalue weighted by atomic mass is 16.5. The first-order valence-corrected chi connectivity index (χ1v) is 8.72. The number of ether oxygens (including phenoxy) is 1. The summed E-state index contributed by atoms with van der Waals surface area (Å²) in [6.45, 7) is 2.21. The number of pyridine rings is 1. The zero-order valence-electron chi connectivity index (χ0n) is 14.4. The molecule has 1 atom stereocenters. The highest BCUT2D eigenvalue weighted by Gasteiger charge is 2.26. The number of morpholine rings is 1. The number of benzene rings is 1. The number of aromatic nitrogens is 3. The number of fused-ring (bicyclic) bond motifs is 1. The third-order valence-electron chi connectivity index (χ3n) is 4.64. The van der Waals surface area contributed by atoms with Crippen LogP contribution in [0.3, 0.4) is 0 Å². The number of carbonyl (C=O) groups excluding carboxylic acids is 1. The average Bonchev–Trinajstić information content (AvgIpc) is 3.09. The summed E-state index contributed by atoms with van der Waals surface area (Å²) in [6, 6.07) is 13.4. The maximum Gasteiger partial charge on any atom is 0.224 e. The molecule has 0 aliphatic carbocycles. The monoisotopic (exact) mass is 351 g/mol.